The topological polar surface area (TPSA) is 0 Å². The molecule has 2 aliphatic carbocycles. The molecule has 2 saturated carbocycles. The number of unbranched alkanes of at least 4 members (excludes halogenated alkanes) is 3. The lowest BCUT2D eigenvalue weighted by Gasteiger charge is -2.38. The summed E-state index contributed by atoms with van der Waals surface area (Å²) in [4.78, 5) is 0. The monoisotopic (exact) mass is 574 g/mol. The van der Waals surface area contributed by atoms with Gasteiger partial charge in [0.05, 0.1) is 0 Å². The van der Waals surface area contributed by atoms with Crippen molar-refractivity contribution in [3.8, 4) is 22.3 Å². The van der Waals surface area contributed by atoms with E-state index in [4.69, 9.17) is 0 Å². The first-order valence-corrected chi connectivity index (χ1v) is 16.9. The molecule has 0 spiro atoms. The van der Waals surface area contributed by atoms with Gasteiger partial charge in [0.25, 0.3) is 0 Å². The van der Waals surface area contributed by atoms with E-state index in [0.29, 0.717) is 29.0 Å². The zero-order valence-electron chi connectivity index (χ0n) is 25.7. The zero-order chi connectivity index (χ0) is 29.5. The van der Waals surface area contributed by atoms with E-state index in [1.165, 1.54) is 51.4 Å². The van der Waals surface area contributed by atoms with Gasteiger partial charge < -0.3 is 0 Å². The van der Waals surface area contributed by atoms with Crippen LogP contribution in [0, 0.1) is 35.2 Å². The van der Waals surface area contributed by atoms with Crippen molar-refractivity contribution in [1.82, 2.24) is 0 Å². The molecule has 3 aromatic rings. The highest BCUT2D eigenvalue weighted by Crippen LogP contribution is 2.45. The molecule has 2 fully saturated rings. The van der Waals surface area contributed by atoms with Gasteiger partial charge in [0.2, 0.25) is 0 Å². The second-order valence-corrected chi connectivity index (χ2v) is 13.2. The molecule has 0 aromatic heterocycles. The van der Waals surface area contributed by atoms with E-state index in [9.17, 15) is 8.78 Å². The Labute approximate surface area is 252 Å². The van der Waals surface area contributed by atoms with Crippen LogP contribution in [0.25, 0.3) is 22.3 Å². The van der Waals surface area contributed by atoms with Crippen LogP contribution in [-0.2, 0) is 6.42 Å². The van der Waals surface area contributed by atoms with Crippen LogP contribution in [0.5, 0.6) is 0 Å². The maximum Gasteiger partial charge on any atom is 0.166 e. The smallest absolute Gasteiger partial charge is 0.166 e. The van der Waals surface area contributed by atoms with E-state index < -0.39 is 11.6 Å². The fourth-order valence-electron chi connectivity index (χ4n) is 7.88. The minimum atomic E-state index is -0.801. The summed E-state index contributed by atoms with van der Waals surface area (Å²) in [5, 5.41) is 0. The summed E-state index contributed by atoms with van der Waals surface area (Å²) in [6, 6.07) is 16.3. The average Bonchev–Trinajstić information content (AvgIpc) is 3.02. The molecule has 0 radical (unpaired) electrons. The van der Waals surface area contributed by atoms with Gasteiger partial charge in [-0.3, -0.25) is 0 Å². The second-order valence-electron chi connectivity index (χ2n) is 13.2. The summed E-state index contributed by atoms with van der Waals surface area (Å²) in [5.74, 6) is 1.40. The molecule has 0 unspecified atom stereocenters. The van der Waals surface area contributed by atoms with Crippen molar-refractivity contribution >= 4 is 0 Å². The summed E-state index contributed by atoms with van der Waals surface area (Å²) in [5.41, 5.74) is 3.70. The molecule has 0 amide bonds. The third kappa shape index (κ3) is 7.32. The number of rotatable bonds is 11. The Morgan fingerprint density at radius 2 is 1.21 bits per heavy atom. The summed E-state index contributed by atoms with van der Waals surface area (Å²) < 4.78 is 45.1. The maximum absolute atomic E-state index is 15.4. The van der Waals surface area contributed by atoms with Crippen LogP contribution >= 0.6 is 0 Å². The molecule has 5 rings (SSSR count). The Hall–Kier alpha value is -2.55. The molecule has 3 aromatic carbocycles. The molecule has 0 heterocycles. The van der Waals surface area contributed by atoms with E-state index in [2.05, 4.69) is 19.9 Å². The number of halogens is 3. The SMILES string of the molecule is CCCCCCc1ccc(-c2ccc(-c3ccc(C4CCC(C5CCC(CCC)CC5)CC4)cc3F)cc2)c(F)c1F. The van der Waals surface area contributed by atoms with E-state index >= 15 is 4.39 Å². The maximum atomic E-state index is 15.4. The molecule has 0 nitrogen and oxygen atoms in total. The quantitative estimate of drug-likeness (QED) is 0.200. The van der Waals surface area contributed by atoms with Gasteiger partial charge in [-0.2, -0.15) is 0 Å². The van der Waals surface area contributed by atoms with Crippen molar-refractivity contribution in [3.63, 3.8) is 0 Å². The number of benzene rings is 3. The van der Waals surface area contributed by atoms with Gasteiger partial charge in [-0.15, -0.1) is 0 Å². The van der Waals surface area contributed by atoms with Crippen LogP contribution in [0.4, 0.5) is 13.2 Å². The second kappa shape index (κ2) is 14.8. The Morgan fingerprint density at radius 3 is 1.83 bits per heavy atom. The predicted octanol–water partition coefficient (Wildman–Crippen LogP) is 12.4. The van der Waals surface area contributed by atoms with Gasteiger partial charge >= 0.3 is 0 Å². The minimum absolute atomic E-state index is 0.207. The highest BCUT2D eigenvalue weighted by atomic mass is 19.2. The van der Waals surface area contributed by atoms with Crippen LogP contribution in [0.2, 0.25) is 0 Å². The lowest BCUT2D eigenvalue weighted by molar-refractivity contribution is 0.156. The van der Waals surface area contributed by atoms with Gasteiger partial charge in [0.15, 0.2) is 11.6 Å². The molecular formula is C39H49F3. The normalized spacial score (nSPS) is 22.8. The first-order chi connectivity index (χ1) is 20.5. The molecule has 3 heteroatoms. The summed E-state index contributed by atoms with van der Waals surface area (Å²) in [6.07, 6.45) is 17.9. The van der Waals surface area contributed by atoms with Crippen LogP contribution in [0.1, 0.15) is 121 Å². The van der Waals surface area contributed by atoms with Gasteiger partial charge in [0, 0.05) is 11.1 Å². The molecule has 42 heavy (non-hydrogen) atoms. The van der Waals surface area contributed by atoms with Crippen molar-refractivity contribution < 1.29 is 13.2 Å². The van der Waals surface area contributed by atoms with Gasteiger partial charge in [-0.05, 0) is 103 Å². The lowest BCUT2D eigenvalue weighted by atomic mass is 9.68. The number of aryl methyl sites for hydroxylation is 1. The third-order valence-electron chi connectivity index (χ3n) is 10.5. The van der Waals surface area contributed by atoms with Crippen LogP contribution in [-0.4, -0.2) is 0 Å². The van der Waals surface area contributed by atoms with E-state index in [0.717, 1.165) is 67.4 Å². The number of hydrogen-bond donors (Lipinski definition) is 0. The highest BCUT2D eigenvalue weighted by molar-refractivity contribution is 5.71. The first-order valence-electron chi connectivity index (χ1n) is 16.9. The Morgan fingerprint density at radius 1 is 0.595 bits per heavy atom. The largest absolute Gasteiger partial charge is 0.206 e. The van der Waals surface area contributed by atoms with Crippen LogP contribution in [0.15, 0.2) is 54.6 Å². The van der Waals surface area contributed by atoms with Gasteiger partial charge in [0.1, 0.15) is 5.82 Å². The number of hydrogen-bond acceptors (Lipinski definition) is 0. The summed E-state index contributed by atoms with van der Waals surface area (Å²) >= 11 is 0. The molecule has 0 aliphatic heterocycles. The van der Waals surface area contributed by atoms with Gasteiger partial charge in [-0.1, -0.05) is 107 Å². The zero-order valence-corrected chi connectivity index (χ0v) is 25.7. The van der Waals surface area contributed by atoms with Gasteiger partial charge in [-0.25, -0.2) is 13.2 Å². The fourth-order valence-corrected chi connectivity index (χ4v) is 7.88. The third-order valence-corrected chi connectivity index (χ3v) is 10.5. The van der Waals surface area contributed by atoms with Crippen molar-refractivity contribution in [2.45, 2.75) is 116 Å². The summed E-state index contributed by atoms with van der Waals surface area (Å²) in [7, 11) is 0. The van der Waals surface area contributed by atoms with Crippen molar-refractivity contribution in [3.05, 3.63) is 83.2 Å². The molecule has 0 saturated heterocycles. The van der Waals surface area contributed by atoms with Crippen LogP contribution < -0.4 is 0 Å². The van der Waals surface area contributed by atoms with E-state index in [1.807, 2.05) is 18.2 Å². The molecule has 0 bridgehead atoms. The molecule has 0 N–H and O–H groups in total. The molecule has 2 aliphatic rings. The van der Waals surface area contributed by atoms with E-state index in [1.54, 1.807) is 30.3 Å². The van der Waals surface area contributed by atoms with E-state index in [-0.39, 0.29) is 11.4 Å². The highest BCUT2D eigenvalue weighted by Gasteiger charge is 2.31. The molecule has 0 atom stereocenters. The van der Waals surface area contributed by atoms with Crippen molar-refractivity contribution in [2.24, 2.45) is 17.8 Å². The minimum Gasteiger partial charge on any atom is -0.206 e. The summed E-state index contributed by atoms with van der Waals surface area (Å²) in [6.45, 7) is 4.44. The first kappa shape index (κ1) is 30.9. The standard InChI is InChI=1S/C39H49F3/c1-3-5-6-7-9-33-22-25-36(39(42)38(33)41)32-20-18-31(19-21-32)35-24-23-34(26-37(35)40)30-16-14-29(15-17-30)28-12-10-27(8-4-2)11-13-28/h18-30H,3-17H2,1-2H3. The average molecular weight is 575 g/mol. The fraction of sp³-hybridized carbons (Fsp3) is 0.538. The Bertz CT molecular complexity index is 1280. The predicted molar refractivity (Wildman–Crippen MR) is 170 cm³/mol. The lowest BCUT2D eigenvalue weighted by Crippen LogP contribution is -2.25. The van der Waals surface area contributed by atoms with Crippen molar-refractivity contribution in [2.75, 3.05) is 0 Å². The Balaban J connectivity index is 1.19. The van der Waals surface area contributed by atoms with Crippen LogP contribution in [0.3, 0.4) is 0 Å². The molecule has 226 valence electrons. The van der Waals surface area contributed by atoms with Crippen molar-refractivity contribution in [1.29, 1.82) is 0 Å². The molecular weight excluding hydrogens is 525 g/mol. The Kier molecular flexibility index (Phi) is 10.9.